The van der Waals surface area contributed by atoms with Crippen molar-refractivity contribution in [3.05, 3.63) is 58.5 Å². The summed E-state index contributed by atoms with van der Waals surface area (Å²) in [6.45, 7) is 0.107. The van der Waals surface area contributed by atoms with E-state index >= 15 is 0 Å². The summed E-state index contributed by atoms with van der Waals surface area (Å²) in [4.78, 5) is 18.4. The molecule has 8 heteroatoms. The maximum atomic E-state index is 13.9. The van der Waals surface area contributed by atoms with Crippen LogP contribution in [0, 0.1) is 24.0 Å². The summed E-state index contributed by atoms with van der Waals surface area (Å²) in [7, 11) is 3.04. The fourth-order valence-electron chi connectivity index (χ4n) is 2.49. The number of thioether (sulfide) groups is 1. The van der Waals surface area contributed by atoms with E-state index in [0.717, 1.165) is 23.9 Å². The number of amidine groups is 1. The first-order valence-corrected chi connectivity index (χ1v) is 9.20. The average Bonchev–Trinajstić information content (AvgIpc) is 2.96. The number of methoxy groups -OCH3 is 1. The largest absolute Gasteiger partial charge is 0.493 e. The molecular weight excluding hydrogens is 398 g/mol. The highest BCUT2D eigenvalue weighted by atomic mass is 32.2. The first-order chi connectivity index (χ1) is 13.9. The predicted octanol–water partition coefficient (Wildman–Crippen LogP) is 4.22. The van der Waals surface area contributed by atoms with E-state index < -0.39 is 11.6 Å². The molecule has 2 aromatic rings. The Balaban J connectivity index is 1.88. The zero-order valence-corrected chi connectivity index (χ0v) is 16.4. The molecule has 29 heavy (non-hydrogen) atoms. The standard InChI is InChI=1S/C21H16F2N2O3S/c1-4-9-28-17-8-5-13(10-18(17)27-3)11-19-20(26)25(2)21(29-19)24-16-7-6-14(22)12-15(16)23/h1,5-8,10-12H,9H2,2-3H3/b19-11-,24-21?. The fraction of sp³-hybridized carbons (Fsp3) is 0.143. The van der Waals surface area contributed by atoms with Gasteiger partial charge in [-0.05, 0) is 47.7 Å². The number of nitrogens with zero attached hydrogens (tertiary/aromatic N) is 2. The fourth-order valence-corrected chi connectivity index (χ4v) is 3.47. The van der Waals surface area contributed by atoms with Gasteiger partial charge in [-0.2, -0.15) is 0 Å². The normalized spacial score (nSPS) is 16.4. The van der Waals surface area contributed by atoms with Crippen molar-refractivity contribution >= 4 is 34.6 Å². The number of likely N-dealkylation sites (N-methyl/N-ethyl adjacent to an activating group) is 1. The number of carbonyl (C=O) groups excluding carboxylic acids is 1. The third-order valence-electron chi connectivity index (χ3n) is 3.93. The molecule has 0 aliphatic carbocycles. The topological polar surface area (TPSA) is 51.1 Å². The maximum absolute atomic E-state index is 13.9. The first kappa shape index (κ1) is 20.4. The van der Waals surface area contributed by atoms with Gasteiger partial charge in [0.15, 0.2) is 22.5 Å². The molecule has 0 bridgehead atoms. The molecule has 1 aliphatic heterocycles. The molecule has 2 aromatic carbocycles. The summed E-state index contributed by atoms with van der Waals surface area (Å²) in [5, 5.41) is 0.285. The van der Waals surface area contributed by atoms with Crippen LogP contribution in [0.1, 0.15) is 5.56 Å². The van der Waals surface area contributed by atoms with E-state index in [2.05, 4.69) is 10.9 Å². The molecule has 0 aromatic heterocycles. The Hall–Kier alpha value is -3.31. The van der Waals surface area contributed by atoms with Crippen molar-refractivity contribution in [2.75, 3.05) is 20.8 Å². The Bertz CT molecular complexity index is 1060. The van der Waals surface area contributed by atoms with Crippen LogP contribution in [0.3, 0.4) is 0 Å². The highest BCUT2D eigenvalue weighted by Crippen LogP contribution is 2.35. The first-order valence-electron chi connectivity index (χ1n) is 8.38. The lowest BCUT2D eigenvalue weighted by Gasteiger charge is -2.09. The molecular formula is C21H16F2N2O3S. The molecule has 0 saturated carbocycles. The van der Waals surface area contributed by atoms with Crippen LogP contribution in [0.15, 0.2) is 46.3 Å². The minimum absolute atomic E-state index is 0.0496. The second-order valence-corrected chi connectivity index (χ2v) is 6.88. The number of benzene rings is 2. The molecule has 1 aliphatic rings. The summed E-state index contributed by atoms with van der Waals surface area (Å²) >= 11 is 1.09. The lowest BCUT2D eigenvalue weighted by Crippen LogP contribution is -2.23. The van der Waals surface area contributed by atoms with Crippen LogP contribution in [0.25, 0.3) is 6.08 Å². The van der Waals surface area contributed by atoms with Gasteiger partial charge in [-0.1, -0.05) is 12.0 Å². The molecule has 1 heterocycles. The Labute approximate surface area is 171 Å². The van der Waals surface area contributed by atoms with Gasteiger partial charge in [0.1, 0.15) is 18.1 Å². The SMILES string of the molecule is C#CCOc1ccc(/C=C2\SC(=Nc3ccc(F)cc3F)N(C)C2=O)cc1OC. The van der Waals surface area contributed by atoms with Crippen molar-refractivity contribution in [1.82, 2.24) is 4.90 Å². The zero-order chi connectivity index (χ0) is 21.0. The summed E-state index contributed by atoms with van der Waals surface area (Å²) < 4.78 is 37.6. The van der Waals surface area contributed by atoms with Gasteiger partial charge in [0.05, 0.1) is 12.0 Å². The minimum atomic E-state index is -0.802. The van der Waals surface area contributed by atoms with Gasteiger partial charge in [-0.25, -0.2) is 13.8 Å². The van der Waals surface area contributed by atoms with Crippen LogP contribution < -0.4 is 9.47 Å². The van der Waals surface area contributed by atoms with Crippen molar-refractivity contribution in [3.8, 4) is 23.8 Å². The highest BCUT2D eigenvalue weighted by molar-refractivity contribution is 8.18. The Kier molecular flexibility index (Phi) is 6.20. The van der Waals surface area contributed by atoms with E-state index in [9.17, 15) is 13.6 Å². The number of amides is 1. The van der Waals surface area contributed by atoms with Crippen molar-refractivity contribution in [1.29, 1.82) is 0 Å². The minimum Gasteiger partial charge on any atom is -0.493 e. The smallest absolute Gasteiger partial charge is 0.266 e. The molecule has 3 rings (SSSR count). The number of aliphatic imine (C=N–C) groups is 1. The molecule has 0 spiro atoms. The Morgan fingerprint density at radius 1 is 1.24 bits per heavy atom. The van der Waals surface area contributed by atoms with Gasteiger partial charge in [-0.15, -0.1) is 6.42 Å². The third-order valence-corrected chi connectivity index (χ3v) is 4.99. The van der Waals surface area contributed by atoms with Gasteiger partial charge in [0.25, 0.3) is 5.91 Å². The summed E-state index contributed by atoms with van der Waals surface area (Å²) in [6, 6.07) is 8.23. The van der Waals surface area contributed by atoms with E-state index in [4.69, 9.17) is 15.9 Å². The second kappa shape index (κ2) is 8.80. The quantitative estimate of drug-likeness (QED) is 0.543. The zero-order valence-electron chi connectivity index (χ0n) is 15.6. The molecule has 1 fully saturated rings. The predicted molar refractivity (Wildman–Crippen MR) is 109 cm³/mol. The van der Waals surface area contributed by atoms with Gasteiger partial charge < -0.3 is 9.47 Å². The number of hydrogen-bond donors (Lipinski definition) is 0. The number of ether oxygens (including phenoxy) is 2. The van der Waals surface area contributed by atoms with Crippen LogP contribution >= 0.6 is 11.8 Å². The molecule has 0 unspecified atom stereocenters. The van der Waals surface area contributed by atoms with Crippen LogP contribution in [0.2, 0.25) is 0 Å². The van der Waals surface area contributed by atoms with Crippen molar-refractivity contribution in [3.63, 3.8) is 0 Å². The van der Waals surface area contributed by atoms with E-state index in [1.165, 1.54) is 25.1 Å². The number of halogens is 2. The van der Waals surface area contributed by atoms with Gasteiger partial charge in [0, 0.05) is 13.1 Å². The monoisotopic (exact) mass is 414 g/mol. The molecule has 1 saturated heterocycles. The van der Waals surface area contributed by atoms with Gasteiger partial charge >= 0.3 is 0 Å². The van der Waals surface area contributed by atoms with Crippen LogP contribution in [-0.4, -0.2) is 36.7 Å². The van der Waals surface area contributed by atoms with E-state index in [1.807, 2.05) is 0 Å². The molecule has 148 valence electrons. The van der Waals surface area contributed by atoms with Crippen LogP contribution in [0.4, 0.5) is 14.5 Å². The molecule has 5 nitrogen and oxygen atoms in total. The third kappa shape index (κ3) is 4.58. The van der Waals surface area contributed by atoms with Gasteiger partial charge in [0.2, 0.25) is 0 Å². The molecule has 0 radical (unpaired) electrons. The van der Waals surface area contributed by atoms with E-state index in [1.54, 1.807) is 24.3 Å². The number of hydrogen-bond acceptors (Lipinski definition) is 5. The second-order valence-electron chi connectivity index (χ2n) is 5.87. The van der Waals surface area contributed by atoms with Crippen LogP contribution in [0.5, 0.6) is 11.5 Å². The summed E-state index contributed by atoms with van der Waals surface area (Å²) in [5.74, 6) is 1.56. The van der Waals surface area contributed by atoms with Crippen LogP contribution in [-0.2, 0) is 4.79 Å². The summed E-state index contributed by atoms with van der Waals surface area (Å²) in [5.41, 5.74) is 0.653. The maximum Gasteiger partial charge on any atom is 0.266 e. The van der Waals surface area contributed by atoms with E-state index in [-0.39, 0.29) is 23.4 Å². The highest BCUT2D eigenvalue weighted by Gasteiger charge is 2.30. The lowest BCUT2D eigenvalue weighted by molar-refractivity contribution is -0.121. The van der Waals surface area contributed by atoms with Crippen molar-refractivity contribution in [2.24, 2.45) is 4.99 Å². The van der Waals surface area contributed by atoms with E-state index in [0.29, 0.717) is 22.0 Å². The lowest BCUT2D eigenvalue weighted by atomic mass is 10.2. The number of carbonyl (C=O) groups is 1. The van der Waals surface area contributed by atoms with Gasteiger partial charge in [-0.3, -0.25) is 9.69 Å². The summed E-state index contributed by atoms with van der Waals surface area (Å²) in [6.07, 6.45) is 6.86. The molecule has 0 atom stereocenters. The molecule has 0 N–H and O–H groups in total. The average molecular weight is 414 g/mol. The number of rotatable bonds is 5. The van der Waals surface area contributed by atoms with Crippen molar-refractivity contribution in [2.45, 2.75) is 0 Å². The Morgan fingerprint density at radius 2 is 2.03 bits per heavy atom. The Morgan fingerprint density at radius 3 is 2.72 bits per heavy atom. The number of terminal acetylenes is 1. The van der Waals surface area contributed by atoms with Crippen molar-refractivity contribution < 1.29 is 23.0 Å². The molecule has 1 amide bonds.